The maximum absolute atomic E-state index is 5.65. The number of hydrogen-bond acceptors (Lipinski definition) is 4. The maximum Gasteiger partial charge on any atom is 0.132 e. The second-order valence-electron chi connectivity index (χ2n) is 3.59. The lowest BCUT2D eigenvalue weighted by Crippen LogP contribution is -2.52. The van der Waals surface area contributed by atoms with E-state index < -0.39 is 0 Å². The van der Waals surface area contributed by atoms with Crippen molar-refractivity contribution in [1.82, 2.24) is 9.97 Å². The van der Waals surface area contributed by atoms with E-state index in [0.717, 1.165) is 24.5 Å². The topological polar surface area (TPSA) is 55.0 Å². The van der Waals surface area contributed by atoms with Crippen LogP contribution >= 0.6 is 0 Å². The van der Waals surface area contributed by atoms with Gasteiger partial charge in [0.2, 0.25) is 0 Å². The van der Waals surface area contributed by atoms with E-state index in [1.807, 2.05) is 0 Å². The molecular formula is C10H16N4. The summed E-state index contributed by atoms with van der Waals surface area (Å²) in [4.78, 5) is 10.7. The second-order valence-corrected chi connectivity index (χ2v) is 3.59. The van der Waals surface area contributed by atoms with E-state index in [1.54, 1.807) is 6.33 Å². The molecule has 1 saturated heterocycles. The third kappa shape index (κ3) is 1.57. The van der Waals surface area contributed by atoms with Crippen molar-refractivity contribution in [2.75, 3.05) is 18.0 Å². The fraction of sp³-hybridized carbons (Fsp3) is 0.600. The Labute approximate surface area is 84.2 Å². The smallest absolute Gasteiger partial charge is 0.132 e. The highest BCUT2D eigenvalue weighted by molar-refractivity contribution is 5.43. The highest BCUT2D eigenvalue weighted by Crippen LogP contribution is 2.23. The summed E-state index contributed by atoms with van der Waals surface area (Å²) in [5.41, 5.74) is 6.74. The summed E-state index contributed by atoms with van der Waals surface area (Å²) in [6.45, 7) is 3.89. The number of nitrogens with two attached hydrogens (primary N) is 1. The first kappa shape index (κ1) is 9.40. The Hall–Kier alpha value is -1.16. The largest absolute Gasteiger partial charge is 0.352 e. The van der Waals surface area contributed by atoms with Crippen molar-refractivity contribution in [3.63, 3.8) is 0 Å². The standard InChI is InChI=1S/C10H16N4/c1-2-8-5-10(13-7-12-8)14-4-3-9(14)6-11/h5,7,9H,2-4,6,11H2,1H3. The number of aryl methyl sites for hydroxylation is 1. The molecule has 1 atom stereocenters. The lowest BCUT2D eigenvalue weighted by atomic mass is 10.0. The Bertz CT molecular complexity index is 311. The maximum atomic E-state index is 5.65. The Kier molecular flexibility index (Phi) is 2.63. The molecule has 0 amide bonds. The van der Waals surface area contributed by atoms with Gasteiger partial charge in [0.25, 0.3) is 0 Å². The van der Waals surface area contributed by atoms with E-state index in [2.05, 4.69) is 27.9 Å². The summed E-state index contributed by atoms with van der Waals surface area (Å²) in [6.07, 6.45) is 3.78. The van der Waals surface area contributed by atoms with Crippen molar-refractivity contribution in [3.05, 3.63) is 18.1 Å². The highest BCUT2D eigenvalue weighted by Gasteiger charge is 2.27. The van der Waals surface area contributed by atoms with Gasteiger partial charge in [-0.15, -0.1) is 0 Å². The van der Waals surface area contributed by atoms with Gasteiger partial charge >= 0.3 is 0 Å². The molecule has 76 valence electrons. The molecule has 1 unspecified atom stereocenters. The van der Waals surface area contributed by atoms with E-state index >= 15 is 0 Å². The molecule has 14 heavy (non-hydrogen) atoms. The molecule has 4 heteroatoms. The Balaban J connectivity index is 2.15. The summed E-state index contributed by atoms with van der Waals surface area (Å²) in [5, 5.41) is 0. The Morgan fingerprint density at radius 3 is 3.00 bits per heavy atom. The van der Waals surface area contributed by atoms with Crippen LogP contribution in [0, 0.1) is 0 Å². The van der Waals surface area contributed by atoms with Gasteiger partial charge in [0.15, 0.2) is 0 Å². The van der Waals surface area contributed by atoms with Gasteiger partial charge in [-0.2, -0.15) is 0 Å². The summed E-state index contributed by atoms with van der Waals surface area (Å²) < 4.78 is 0. The summed E-state index contributed by atoms with van der Waals surface area (Å²) in [7, 11) is 0. The zero-order valence-corrected chi connectivity index (χ0v) is 8.48. The van der Waals surface area contributed by atoms with E-state index in [-0.39, 0.29) is 0 Å². The number of anilines is 1. The quantitative estimate of drug-likeness (QED) is 0.761. The first-order valence-corrected chi connectivity index (χ1v) is 5.12. The molecule has 4 nitrogen and oxygen atoms in total. The highest BCUT2D eigenvalue weighted by atomic mass is 15.3. The first-order chi connectivity index (χ1) is 6.85. The van der Waals surface area contributed by atoms with Gasteiger partial charge in [0.1, 0.15) is 12.1 Å². The fourth-order valence-electron chi connectivity index (χ4n) is 1.72. The number of rotatable bonds is 3. The zero-order valence-electron chi connectivity index (χ0n) is 8.48. The molecule has 1 fully saturated rings. The van der Waals surface area contributed by atoms with Gasteiger partial charge in [-0.3, -0.25) is 0 Å². The molecule has 0 spiro atoms. The molecule has 2 rings (SSSR count). The van der Waals surface area contributed by atoms with Gasteiger partial charge in [0.05, 0.1) is 0 Å². The molecule has 1 aliphatic rings. The van der Waals surface area contributed by atoms with Crippen molar-refractivity contribution in [1.29, 1.82) is 0 Å². The molecular weight excluding hydrogens is 176 g/mol. The number of aromatic nitrogens is 2. The summed E-state index contributed by atoms with van der Waals surface area (Å²) in [5.74, 6) is 1.03. The van der Waals surface area contributed by atoms with E-state index in [0.29, 0.717) is 12.6 Å². The lowest BCUT2D eigenvalue weighted by Gasteiger charge is -2.41. The fourth-order valence-corrected chi connectivity index (χ4v) is 1.72. The van der Waals surface area contributed by atoms with Crippen LogP contribution in [0.3, 0.4) is 0 Å². The monoisotopic (exact) mass is 192 g/mol. The molecule has 0 radical (unpaired) electrons. The van der Waals surface area contributed by atoms with Crippen molar-refractivity contribution in [2.45, 2.75) is 25.8 Å². The van der Waals surface area contributed by atoms with Crippen LogP contribution in [0.4, 0.5) is 5.82 Å². The second kappa shape index (κ2) is 3.92. The average Bonchev–Trinajstić information content (AvgIpc) is 2.17. The third-order valence-electron chi connectivity index (χ3n) is 2.78. The molecule has 0 aromatic carbocycles. The summed E-state index contributed by atoms with van der Waals surface area (Å²) >= 11 is 0. The molecule has 2 heterocycles. The van der Waals surface area contributed by atoms with Crippen LogP contribution in [0.15, 0.2) is 12.4 Å². The lowest BCUT2D eigenvalue weighted by molar-refractivity contribution is 0.451. The predicted octanol–water partition coefficient (Wildman–Crippen LogP) is 0.576. The normalized spacial score (nSPS) is 20.7. The molecule has 0 bridgehead atoms. The molecule has 1 aromatic rings. The Morgan fingerprint density at radius 1 is 1.57 bits per heavy atom. The van der Waals surface area contributed by atoms with Crippen LogP contribution in [0.25, 0.3) is 0 Å². The van der Waals surface area contributed by atoms with Crippen molar-refractivity contribution >= 4 is 5.82 Å². The van der Waals surface area contributed by atoms with Gasteiger partial charge < -0.3 is 10.6 Å². The average molecular weight is 192 g/mol. The van der Waals surface area contributed by atoms with Crippen molar-refractivity contribution in [2.24, 2.45) is 5.73 Å². The van der Waals surface area contributed by atoms with Crippen LogP contribution in [0.5, 0.6) is 0 Å². The zero-order chi connectivity index (χ0) is 9.97. The van der Waals surface area contributed by atoms with Crippen LogP contribution < -0.4 is 10.6 Å². The minimum absolute atomic E-state index is 0.481. The van der Waals surface area contributed by atoms with Gasteiger partial charge in [0, 0.05) is 30.9 Å². The van der Waals surface area contributed by atoms with Gasteiger partial charge in [-0.25, -0.2) is 9.97 Å². The minimum Gasteiger partial charge on any atom is -0.352 e. The van der Waals surface area contributed by atoms with E-state index in [1.165, 1.54) is 6.42 Å². The van der Waals surface area contributed by atoms with Crippen LogP contribution in [-0.4, -0.2) is 29.1 Å². The van der Waals surface area contributed by atoms with Gasteiger partial charge in [-0.05, 0) is 12.8 Å². The molecule has 1 aromatic heterocycles. The van der Waals surface area contributed by atoms with Crippen LogP contribution in [0.2, 0.25) is 0 Å². The van der Waals surface area contributed by atoms with Crippen molar-refractivity contribution < 1.29 is 0 Å². The summed E-state index contributed by atoms with van der Waals surface area (Å²) in [6, 6.07) is 2.54. The minimum atomic E-state index is 0.481. The molecule has 2 N–H and O–H groups in total. The van der Waals surface area contributed by atoms with Gasteiger partial charge in [-0.1, -0.05) is 6.92 Å². The molecule has 0 saturated carbocycles. The predicted molar refractivity (Wildman–Crippen MR) is 56.2 cm³/mol. The first-order valence-electron chi connectivity index (χ1n) is 5.12. The van der Waals surface area contributed by atoms with Crippen molar-refractivity contribution in [3.8, 4) is 0 Å². The van der Waals surface area contributed by atoms with E-state index in [4.69, 9.17) is 5.73 Å². The SMILES string of the molecule is CCc1cc(N2CCC2CN)ncn1. The number of hydrogen-bond donors (Lipinski definition) is 1. The Morgan fingerprint density at radius 2 is 2.43 bits per heavy atom. The van der Waals surface area contributed by atoms with E-state index in [9.17, 15) is 0 Å². The van der Waals surface area contributed by atoms with Crippen LogP contribution in [-0.2, 0) is 6.42 Å². The molecule has 0 aliphatic carbocycles. The third-order valence-corrected chi connectivity index (χ3v) is 2.78. The molecule has 1 aliphatic heterocycles. The number of nitrogens with zero attached hydrogens (tertiary/aromatic N) is 3. The van der Waals surface area contributed by atoms with Crippen LogP contribution in [0.1, 0.15) is 19.0 Å².